The van der Waals surface area contributed by atoms with Gasteiger partial charge in [0.25, 0.3) is 5.91 Å². The van der Waals surface area contributed by atoms with Gasteiger partial charge in [0.1, 0.15) is 0 Å². The van der Waals surface area contributed by atoms with Gasteiger partial charge in [-0.05, 0) is 73.2 Å². The number of nitrogens with zero attached hydrogens (tertiary/aromatic N) is 4. The Morgan fingerprint density at radius 3 is 2.47 bits per heavy atom. The molecule has 38 heavy (non-hydrogen) atoms. The lowest BCUT2D eigenvalue weighted by atomic mass is 10.1. The Balaban J connectivity index is 1.42. The average molecular weight is 515 g/mol. The summed E-state index contributed by atoms with van der Waals surface area (Å²) in [6, 6.07) is 17.1. The third kappa shape index (κ3) is 5.39. The first kappa shape index (κ1) is 24.7. The molecular weight excluding hydrogens is 493 g/mol. The zero-order valence-corrected chi connectivity index (χ0v) is 20.1. The molecule has 2 N–H and O–H groups in total. The normalized spacial score (nSPS) is 11.3. The lowest BCUT2D eigenvalue weighted by Gasteiger charge is -2.16. The van der Waals surface area contributed by atoms with E-state index in [4.69, 9.17) is 0 Å². The fourth-order valence-electron chi connectivity index (χ4n) is 3.84. The fourth-order valence-corrected chi connectivity index (χ4v) is 3.84. The van der Waals surface area contributed by atoms with Gasteiger partial charge in [0.05, 0.1) is 22.6 Å². The smallest absolute Gasteiger partial charge is 0.324 e. The van der Waals surface area contributed by atoms with Gasteiger partial charge < -0.3 is 15.2 Å². The zero-order valence-electron chi connectivity index (χ0n) is 20.1. The van der Waals surface area contributed by atoms with Crippen LogP contribution in [-0.4, -0.2) is 25.4 Å². The number of anilines is 3. The highest BCUT2D eigenvalue weighted by atomic mass is 19.4. The lowest BCUT2D eigenvalue weighted by molar-refractivity contribution is -0.137. The largest absolute Gasteiger partial charge is 0.416 e. The lowest BCUT2D eigenvalue weighted by Crippen LogP contribution is -2.15. The molecule has 0 bridgehead atoms. The van der Waals surface area contributed by atoms with Crippen LogP contribution >= 0.6 is 0 Å². The fraction of sp³-hybridized carbons (Fsp3) is 0.0714. The number of benzene rings is 2. The SMILES string of the molecule is Cc1ccc(C(=O)Nc2cc(C(F)(F)F)ccc2-n2cccc2)cc1Nc1nccc(-c2cccnc2)n1. The molecule has 2 aromatic carbocycles. The van der Waals surface area contributed by atoms with Crippen molar-refractivity contribution < 1.29 is 18.0 Å². The predicted octanol–water partition coefficient (Wildman–Crippen LogP) is 6.65. The number of pyridine rings is 1. The molecule has 0 aliphatic rings. The molecule has 3 heterocycles. The van der Waals surface area contributed by atoms with Gasteiger partial charge in [-0.1, -0.05) is 6.07 Å². The third-order valence-electron chi connectivity index (χ3n) is 5.81. The molecule has 0 fully saturated rings. The van der Waals surface area contributed by atoms with Crippen molar-refractivity contribution in [1.29, 1.82) is 0 Å². The number of carbonyl (C=O) groups is 1. The summed E-state index contributed by atoms with van der Waals surface area (Å²) in [7, 11) is 0. The van der Waals surface area contributed by atoms with Gasteiger partial charge in [-0.3, -0.25) is 9.78 Å². The van der Waals surface area contributed by atoms with E-state index in [1.54, 1.807) is 71.9 Å². The number of amides is 1. The van der Waals surface area contributed by atoms with Crippen LogP contribution in [0.3, 0.4) is 0 Å². The predicted molar refractivity (Wildman–Crippen MR) is 138 cm³/mol. The van der Waals surface area contributed by atoms with E-state index in [0.29, 0.717) is 23.0 Å². The molecule has 7 nitrogen and oxygen atoms in total. The Morgan fingerprint density at radius 1 is 0.921 bits per heavy atom. The van der Waals surface area contributed by atoms with E-state index in [9.17, 15) is 18.0 Å². The molecule has 5 aromatic rings. The Morgan fingerprint density at radius 2 is 1.74 bits per heavy atom. The van der Waals surface area contributed by atoms with Gasteiger partial charge in [0.2, 0.25) is 5.95 Å². The number of aromatic nitrogens is 4. The van der Waals surface area contributed by atoms with Crippen LogP contribution in [0.4, 0.5) is 30.5 Å². The topological polar surface area (TPSA) is 84.7 Å². The van der Waals surface area contributed by atoms with Crippen LogP contribution in [-0.2, 0) is 6.18 Å². The molecule has 0 spiro atoms. The van der Waals surface area contributed by atoms with E-state index >= 15 is 0 Å². The van der Waals surface area contributed by atoms with Crippen molar-refractivity contribution in [3.63, 3.8) is 0 Å². The van der Waals surface area contributed by atoms with Crippen molar-refractivity contribution in [2.45, 2.75) is 13.1 Å². The van der Waals surface area contributed by atoms with E-state index < -0.39 is 17.6 Å². The second-order valence-corrected chi connectivity index (χ2v) is 8.44. The summed E-state index contributed by atoms with van der Waals surface area (Å²) in [6.45, 7) is 1.85. The zero-order chi connectivity index (χ0) is 26.7. The van der Waals surface area contributed by atoms with Gasteiger partial charge in [-0.15, -0.1) is 0 Å². The highest BCUT2D eigenvalue weighted by Gasteiger charge is 2.31. The minimum atomic E-state index is -4.56. The van der Waals surface area contributed by atoms with E-state index in [-0.39, 0.29) is 11.3 Å². The number of hydrogen-bond acceptors (Lipinski definition) is 5. The van der Waals surface area contributed by atoms with Crippen molar-refractivity contribution in [3.05, 3.63) is 114 Å². The van der Waals surface area contributed by atoms with Gasteiger partial charge in [-0.25, -0.2) is 9.97 Å². The number of hydrogen-bond donors (Lipinski definition) is 2. The highest BCUT2D eigenvalue weighted by molar-refractivity contribution is 6.06. The van der Waals surface area contributed by atoms with Crippen molar-refractivity contribution in [1.82, 2.24) is 19.5 Å². The molecule has 1 amide bonds. The summed E-state index contributed by atoms with van der Waals surface area (Å²) in [5.74, 6) is -0.245. The quantitative estimate of drug-likeness (QED) is 0.265. The Bertz CT molecular complexity index is 1580. The number of rotatable bonds is 6. The first-order valence-corrected chi connectivity index (χ1v) is 11.5. The van der Waals surface area contributed by atoms with Crippen LogP contribution in [0.15, 0.2) is 97.7 Å². The van der Waals surface area contributed by atoms with E-state index in [2.05, 4.69) is 25.6 Å². The summed E-state index contributed by atoms with van der Waals surface area (Å²) >= 11 is 0. The van der Waals surface area contributed by atoms with E-state index in [0.717, 1.165) is 23.3 Å². The summed E-state index contributed by atoms with van der Waals surface area (Å²) in [6.07, 6.45) is 3.79. The third-order valence-corrected chi connectivity index (χ3v) is 5.81. The summed E-state index contributed by atoms with van der Waals surface area (Å²) < 4.78 is 41.8. The van der Waals surface area contributed by atoms with Crippen molar-refractivity contribution >= 4 is 23.2 Å². The molecule has 0 radical (unpaired) electrons. The van der Waals surface area contributed by atoms with E-state index in [1.807, 2.05) is 19.1 Å². The molecular formula is C28H21F3N6O. The monoisotopic (exact) mass is 514 g/mol. The Kier molecular flexibility index (Phi) is 6.61. The molecule has 5 rings (SSSR count). The van der Waals surface area contributed by atoms with E-state index in [1.165, 1.54) is 6.07 Å². The molecule has 0 unspecified atom stereocenters. The van der Waals surface area contributed by atoms with Crippen LogP contribution < -0.4 is 10.6 Å². The second kappa shape index (κ2) is 10.2. The number of halogens is 3. The minimum absolute atomic E-state index is 0.0311. The number of alkyl halides is 3. The van der Waals surface area contributed by atoms with Crippen LogP contribution in [0.25, 0.3) is 16.9 Å². The first-order chi connectivity index (χ1) is 18.3. The molecule has 0 saturated heterocycles. The van der Waals surface area contributed by atoms with Gasteiger partial charge in [-0.2, -0.15) is 13.2 Å². The van der Waals surface area contributed by atoms with Gasteiger partial charge in [0.15, 0.2) is 0 Å². The van der Waals surface area contributed by atoms with Crippen molar-refractivity contribution in [3.8, 4) is 16.9 Å². The maximum absolute atomic E-state index is 13.4. The first-order valence-electron chi connectivity index (χ1n) is 11.5. The number of nitrogens with one attached hydrogen (secondary N) is 2. The van der Waals surface area contributed by atoms with Gasteiger partial charge >= 0.3 is 6.18 Å². The molecule has 190 valence electrons. The maximum atomic E-state index is 13.4. The molecule has 3 aromatic heterocycles. The summed E-state index contributed by atoms with van der Waals surface area (Å²) in [4.78, 5) is 26.1. The minimum Gasteiger partial charge on any atom is -0.324 e. The average Bonchev–Trinajstić information content (AvgIpc) is 3.45. The Labute approximate surface area is 216 Å². The molecule has 0 atom stereocenters. The van der Waals surface area contributed by atoms with Crippen molar-refractivity contribution in [2.75, 3.05) is 10.6 Å². The number of aryl methyl sites for hydroxylation is 1. The van der Waals surface area contributed by atoms with Crippen LogP contribution in [0.1, 0.15) is 21.5 Å². The van der Waals surface area contributed by atoms with Gasteiger partial charge in [0, 0.05) is 47.8 Å². The molecule has 0 aliphatic heterocycles. The summed E-state index contributed by atoms with van der Waals surface area (Å²) in [5.41, 5.74) is 2.72. The van der Waals surface area contributed by atoms with Crippen LogP contribution in [0.5, 0.6) is 0 Å². The standard InChI is InChI=1S/C28H21F3N6O/c1-18-6-7-19(15-23(18)36-27-33-12-10-22(35-27)20-5-4-11-32-17-20)26(38)34-24-16-21(28(29,30)31)8-9-25(24)37-13-2-3-14-37/h2-17H,1H3,(H,34,38)(H,33,35,36). The van der Waals surface area contributed by atoms with Crippen LogP contribution in [0.2, 0.25) is 0 Å². The second-order valence-electron chi connectivity index (χ2n) is 8.44. The maximum Gasteiger partial charge on any atom is 0.416 e. The molecule has 0 aliphatic carbocycles. The molecule has 10 heteroatoms. The number of carbonyl (C=O) groups excluding carboxylic acids is 1. The Hall–Kier alpha value is -4.99. The molecule has 0 saturated carbocycles. The highest BCUT2D eigenvalue weighted by Crippen LogP contribution is 2.34. The van der Waals surface area contributed by atoms with Crippen molar-refractivity contribution in [2.24, 2.45) is 0 Å². The summed E-state index contributed by atoms with van der Waals surface area (Å²) in [5, 5.41) is 5.77. The van der Waals surface area contributed by atoms with Crippen LogP contribution in [0, 0.1) is 6.92 Å².